The van der Waals surface area contributed by atoms with Crippen LogP contribution in [0.5, 0.6) is 0 Å². The molecule has 1 fully saturated rings. The van der Waals surface area contributed by atoms with Gasteiger partial charge in [-0.15, -0.1) is 0 Å². The predicted octanol–water partition coefficient (Wildman–Crippen LogP) is -0.430. The fourth-order valence-electron chi connectivity index (χ4n) is 1.05. The highest BCUT2D eigenvalue weighted by Gasteiger charge is 2.21. The SMILES string of the molecule is O=C(CS(=O)(=O)Br)N1CCOCC1. The molecule has 0 N–H and O–H groups in total. The summed E-state index contributed by atoms with van der Waals surface area (Å²) in [5, 5.41) is 0. The Balaban J connectivity index is 2.47. The quantitative estimate of drug-likeness (QED) is 0.640. The largest absolute Gasteiger partial charge is 0.378 e. The first-order chi connectivity index (χ1) is 5.99. The van der Waals surface area contributed by atoms with Gasteiger partial charge >= 0.3 is 0 Å². The molecule has 5 nitrogen and oxygen atoms in total. The molecule has 1 aliphatic rings. The molecule has 0 radical (unpaired) electrons. The minimum atomic E-state index is -3.39. The van der Waals surface area contributed by atoms with Crippen LogP contribution in [-0.4, -0.2) is 51.3 Å². The molecular formula is C6H10BrNO4S. The van der Waals surface area contributed by atoms with E-state index in [1.54, 1.807) is 0 Å². The average molecular weight is 272 g/mol. The Morgan fingerprint density at radius 2 is 1.92 bits per heavy atom. The molecule has 0 aromatic heterocycles. The van der Waals surface area contributed by atoms with E-state index < -0.39 is 14.0 Å². The van der Waals surface area contributed by atoms with Gasteiger partial charge in [0.15, 0.2) is 0 Å². The Labute approximate surface area is 84.2 Å². The molecule has 1 amide bonds. The molecule has 76 valence electrons. The van der Waals surface area contributed by atoms with Gasteiger partial charge in [-0.05, 0) is 0 Å². The van der Waals surface area contributed by atoms with Crippen molar-refractivity contribution in [1.29, 1.82) is 0 Å². The van der Waals surface area contributed by atoms with Gasteiger partial charge in [-0.25, -0.2) is 8.42 Å². The summed E-state index contributed by atoms with van der Waals surface area (Å²) in [5.74, 6) is -0.854. The number of nitrogens with zero attached hydrogens (tertiary/aromatic N) is 1. The van der Waals surface area contributed by atoms with Crippen LogP contribution >= 0.6 is 14.8 Å². The van der Waals surface area contributed by atoms with Gasteiger partial charge in [-0.2, -0.15) is 0 Å². The van der Waals surface area contributed by atoms with Crippen LogP contribution in [0.3, 0.4) is 0 Å². The summed E-state index contributed by atoms with van der Waals surface area (Å²) in [7, 11) is -3.39. The first kappa shape index (κ1) is 10.9. The molecule has 13 heavy (non-hydrogen) atoms. The molecule has 0 saturated carbocycles. The molecule has 0 aromatic rings. The van der Waals surface area contributed by atoms with Crippen LogP contribution in [0.2, 0.25) is 0 Å². The second-order valence-electron chi connectivity index (χ2n) is 2.68. The van der Waals surface area contributed by atoms with Crippen molar-refractivity contribution in [2.45, 2.75) is 0 Å². The number of carbonyl (C=O) groups is 1. The Kier molecular flexibility index (Phi) is 3.69. The van der Waals surface area contributed by atoms with Gasteiger partial charge in [-0.1, -0.05) is 0 Å². The number of hydrogen-bond acceptors (Lipinski definition) is 4. The lowest BCUT2D eigenvalue weighted by atomic mass is 10.4. The first-order valence-electron chi connectivity index (χ1n) is 3.77. The standard InChI is InChI=1S/C6H10BrNO4S/c7-13(10,11)5-6(9)8-1-3-12-4-2-8/h1-5H2. The fraction of sp³-hybridized carbons (Fsp3) is 0.833. The van der Waals surface area contributed by atoms with Crippen LogP contribution in [0.1, 0.15) is 0 Å². The summed E-state index contributed by atoms with van der Waals surface area (Å²) in [6.45, 7) is 1.91. The highest BCUT2D eigenvalue weighted by molar-refractivity contribution is 9.47. The van der Waals surface area contributed by atoms with Gasteiger partial charge in [0.25, 0.3) is 0 Å². The monoisotopic (exact) mass is 271 g/mol. The van der Waals surface area contributed by atoms with Gasteiger partial charge in [-0.3, -0.25) is 4.79 Å². The fourth-order valence-corrected chi connectivity index (χ4v) is 2.12. The van der Waals surface area contributed by atoms with Crippen LogP contribution in [0.15, 0.2) is 0 Å². The molecule has 0 atom stereocenters. The van der Waals surface area contributed by atoms with Gasteiger partial charge in [0, 0.05) is 13.1 Å². The third-order valence-electron chi connectivity index (χ3n) is 1.66. The first-order valence-corrected chi connectivity index (χ1v) is 7.26. The molecule has 1 aliphatic heterocycles. The number of amides is 1. The van der Waals surface area contributed by atoms with Crippen molar-refractivity contribution >= 4 is 29.0 Å². The predicted molar refractivity (Wildman–Crippen MR) is 50.1 cm³/mol. The second kappa shape index (κ2) is 4.39. The lowest BCUT2D eigenvalue weighted by molar-refractivity contribution is -0.132. The van der Waals surface area contributed by atoms with Gasteiger partial charge in [0.2, 0.25) is 14.2 Å². The molecule has 1 saturated heterocycles. The van der Waals surface area contributed by atoms with E-state index >= 15 is 0 Å². The zero-order valence-electron chi connectivity index (χ0n) is 6.90. The van der Waals surface area contributed by atoms with Crippen molar-refractivity contribution in [3.8, 4) is 0 Å². The lowest BCUT2D eigenvalue weighted by Gasteiger charge is -2.26. The molecule has 1 rings (SSSR count). The van der Waals surface area contributed by atoms with E-state index in [-0.39, 0.29) is 5.91 Å². The zero-order chi connectivity index (χ0) is 9.90. The average Bonchev–Trinajstić information content (AvgIpc) is 2.03. The van der Waals surface area contributed by atoms with Crippen molar-refractivity contribution in [3.05, 3.63) is 0 Å². The van der Waals surface area contributed by atoms with Gasteiger partial charge < -0.3 is 9.64 Å². The maximum atomic E-state index is 11.3. The molecular weight excluding hydrogens is 262 g/mol. The summed E-state index contributed by atoms with van der Waals surface area (Å²) in [6.07, 6.45) is 0. The number of hydrogen-bond donors (Lipinski definition) is 0. The maximum absolute atomic E-state index is 11.3. The van der Waals surface area contributed by atoms with Crippen molar-refractivity contribution in [2.75, 3.05) is 32.1 Å². The molecule has 0 aliphatic carbocycles. The van der Waals surface area contributed by atoms with E-state index in [1.807, 2.05) is 0 Å². The topological polar surface area (TPSA) is 63.7 Å². The molecule has 0 aromatic carbocycles. The minimum Gasteiger partial charge on any atom is -0.378 e. The Bertz CT molecular complexity index is 283. The van der Waals surface area contributed by atoms with Crippen molar-refractivity contribution in [3.63, 3.8) is 0 Å². The van der Waals surface area contributed by atoms with Crippen LogP contribution < -0.4 is 0 Å². The number of ether oxygens (including phenoxy) is 1. The van der Waals surface area contributed by atoms with E-state index in [4.69, 9.17) is 4.74 Å². The third-order valence-corrected chi connectivity index (χ3v) is 2.94. The Morgan fingerprint density at radius 3 is 2.38 bits per heavy atom. The van der Waals surface area contributed by atoms with Gasteiger partial charge in [0.1, 0.15) is 5.75 Å². The normalized spacial score (nSPS) is 18.7. The lowest BCUT2D eigenvalue weighted by Crippen LogP contribution is -2.42. The molecule has 7 heteroatoms. The number of morpholine rings is 1. The van der Waals surface area contributed by atoms with Crippen molar-refractivity contribution in [1.82, 2.24) is 4.90 Å². The van der Waals surface area contributed by atoms with E-state index in [2.05, 4.69) is 14.8 Å². The van der Waals surface area contributed by atoms with Crippen LogP contribution in [0.4, 0.5) is 0 Å². The summed E-state index contributed by atoms with van der Waals surface area (Å²) in [6, 6.07) is 0. The summed E-state index contributed by atoms with van der Waals surface area (Å²) in [4.78, 5) is 12.8. The molecule has 0 spiro atoms. The zero-order valence-corrected chi connectivity index (χ0v) is 9.30. The molecule has 0 bridgehead atoms. The Morgan fingerprint density at radius 1 is 1.38 bits per heavy atom. The third kappa shape index (κ3) is 4.06. The smallest absolute Gasteiger partial charge is 0.238 e. The van der Waals surface area contributed by atoms with Crippen LogP contribution in [0.25, 0.3) is 0 Å². The van der Waals surface area contributed by atoms with E-state index in [0.29, 0.717) is 26.3 Å². The second-order valence-corrected chi connectivity index (χ2v) is 7.00. The van der Waals surface area contributed by atoms with Gasteiger partial charge in [0.05, 0.1) is 28.0 Å². The number of rotatable bonds is 2. The Hall–Kier alpha value is -0.140. The van der Waals surface area contributed by atoms with E-state index in [9.17, 15) is 13.2 Å². The molecule has 1 heterocycles. The number of carbonyl (C=O) groups excluding carboxylic acids is 1. The number of halogens is 1. The minimum absolute atomic E-state index is 0.375. The maximum Gasteiger partial charge on any atom is 0.238 e. The summed E-state index contributed by atoms with van der Waals surface area (Å²) < 4.78 is 26.5. The highest BCUT2D eigenvalue weighted by Crippen LogP contribution is 2.04. The van der Waals surface area contributed by atoms with Crippen LogP contribution in [-0.2, 0) is 17.8 Å². The van der Waals surface area contributed by atoms with E-state index in [1.165, 1.54) is 4.90 Å². The van der Waals surface area contributed by atoms with E-state index in [0.717, 1.165) is 0 Å². The summed E-state index contributed by atoms with van der Waals surface area (Å²) >= 11 is 2.44. The summed E-state index contributed by atoms with van der Waals surface area (Å²) in [5.41, 5.74) is 0. The molecule has 0 unspecified atom stereocenters. The van der Waals surface area contributed by atoms with Crippen LogP contribution in [0, 0.1) is 0 Å². The highest BCUT2D eigenvalue weighted by atomic mass is 79.9. The van der Waals surface area contributed by atoms with Crippen molar-refractivity contribution < 1.29 is 17.9 Å². The van der Waals surface area contributed by atoms with Crippen molar-refractivity contribution in [2.24, 2.45) is 0 Å².